The van der Waals surface area contributed by atoms with E-state index in [9.17, 15) is 8.42 Å². The molecule has 1 unspecified atom stereocenters. The fourth-order valence-corrected chi connectivity index (χ4v) is 4.39. The Balaban J connectivity index is 1.78. The molecule has 0 N–H and O–H groups in total. The van der Waals surface area contributed by atoms with Crippen molar-refractivity contribution in [3.05, 3.63) is 36.8 Å². The molecular formula is C17H21N3O5S. The number of sulfonamides is 1. The van der Waals surface area contributed by atoms with Gasteiger partial charge in [0.15, 0.2) is 11.5 Å². The quantitative estimate of drug-likeness (QED) is 0.755. The zero-order chi connectivity index (χ0) is 18.6. The summed E-state index contributed by atoms with van der Waals surface area (Å²) in [4.78, 5) is 8.20. The van der Waals surface area contributed by atoms with Gasteiger partial charge in [-0.25, -0.2) is 13.4 Å². The molecule has 1 saturated heterocycles. The number of ether oxygens (including phenoxy) is 3. The summed E-state index contributed by atoms with van der Waals surface area (Å²) in [6, 6.07) is 4.58. The van der Waals surface area contributed by atoms with E-state index in [1.807, 2.05) is 0 Å². The molecule has 0 bridgehead atoms. The van der Waals surface area contributed by atoms with Crippen LogP contribution >= 0.6 is 0 Å². The summed E-state index contributed by atoms with van der Waals surface area (Å²) in [7, 11) is -0.686. The lowest BCUT2D eigenvalue weighted by molar-refractivity contribution is 0.124. The molecule has 0 saturated carbocycles. The molecular weight excluding hydrogens is 358 g/mol. The summed E-state index contributed by atoms with van der Waals surface area (Å²) >= 11 is 0. The monoisotopic (exact) mass is 379 g/mol. The Labute approximate surface area is 152 Å². The van der Waals surface area contributed by atoms with Crippen molar-refractivity contribution in [3.8, 4) is 17.4 Å². The summed E-state index contributed by atoms with van der Waals surface area (Å²) in [5.41, 5.74) is 0. The fourth-order valence-electron chi connectivity index (χ4n) is 2.86. The molecule has 0 spiro atoms. The maximum absolute atomic E-state index is 13.0. The first-order valence-electron chi connectivity index (χ1n) is 8.19. The summed E-state index contributed by atoms with van der Waals surface area (Å²) < 4.78 is 43.6. The van der Waals surface area contributed by atoms with E-state index in [1.54, 1.807) is 12.3 Å². The van der Waals surface area contributed by atoms with Gasteiger partial charge < -0.3 is 14.2 Å². The Kier molecular flexibility index (Phi) is 5.58. The van der Waals surface area contributed by atoms with E-state index in [-0.39, 0.29) is 17.5 Å². The van der Waals surface area contributed by atoms with Crippen LogP contribution in [-0.4, -0.2) is 56.1 Å². The Morgan fingerprint density at radius 3 is 2.65 bits per heavy atom. The van der Waals surface area contributed by atoms with E-state index < -0.39 is 10.0 Å². The predicted molar refractivity (Wildman–Crippen MR) is 94.0 cm³/mol. The average molecular weight is 379 g/mol. The molecule has 1 aromatic carbocycles. The molecule has 1 aliphatic heterocycles. The summed E-state index contributed by atoms with van der Waals surface area (Å²) in [5, 5.41) is 0. The lowest BCUT2D eigenvalue weighted by Gasteiger charge is -2.31. The highest BCUT2D eigenvalue weighted by Gasteiger charge is 2.32. The minimum Gasteiger partial charge on any atom is -0.493 e. The number of rotatable bonds is 6. The smallest absolute Gasteiger partial charge is 0.243 e. The number of piperidine rings is 1. The van der Waals surface area contributed by atoms with Crippen molar-refractivity contribution in [2.45, 2.75) is 23.8 Å². The number of methoxy groups -OCH3 is 2. The summed E-state index contributed by atoms with van der Waals surface area (Å²) in [6.45, 7) is 0.699. The predicted octanol–water partition coefficient (Wildman–Crippen LogP) is 1.73. The Bertz CT molecular complexity index is 845. The van der Waals surface area contributed by atoms with Gasteiger partial charge in [-0.15, -0.1) is 0 Å². The van der Waals surface area contributed by atoms with Gasteiger partial charge in [0.2, 0.25) is 15.9 Å². The SMILES string of the molecule is COc1ccc(S(=O)(=O)N2CCCC(Oc3cnccn3)C2)cc1OC. The van der Waals surface area contributed by atoms with Gasteiger partial charge in [-0.05, 0) is 25.0 Å². The van der Waals surface area contributed by atoms with Gasteiger partial charge in [0.05, 0.1) is 31.9 Å². The molecule has 1 aliphatic rings. The van der Waals surface area contributed by atoms with Crippen LogP contribution in [0.15, 0.2) is 41.7 Å². The van der Waals surface area contributed by atoms with E-state index in [0.29, 0.717) is 30.3 Å². The molecule has 2 aromatic rings. The second kappa shape index (κ2) is 7.88. The van der Waals surface area contributed by atoms with Gasteiger partial charge >= 0.3 is 0 Å². The zero-order valence-corrected chi connectivity index (χ0v) is 15.5. The van der Waals surface area contributed by atoms with E-state index in [1.165, 1.54) is 43.1 Å². The maximum atomic E-state index is 13.0. The first kappa shape index (κ1) is 18.4. The van der Waals surface area contributed by atoms with E-state index in [0.717, 1.165) is 6.42 Å². The Hall–Kier alpha value is -2.39. The van der Waals surface area contributed by atoms with E-state index in [2.05, 4.69) is 9.97 Å². The summed E-state index contributed by atoms with van der Waals surface area (Å²) in [6.07, 6.45) is 5.81. The van der Waals surface area contributed by atoms with Crippen molar-refractivity contribution in [2.75, 3.05) is 27.3 Å². The topological polar surface area (TPSA) is 90.9 Å². The van der Waals surface area contributed by atoms with Gasteiger partial charge in [0, 0.05) is 25.0 Å². The van der Waals surface area contributed by atoms with Crippen molar-refractivity contribution in [1.29, 1.82) is 0 Å². The number of benzene rings is 1. The van der Waals surface area contributed by atoms with Crippen LogP contribution in [0.3, 0.4) is 0 Å². The van der Waals surface area contributed by atoms with E-state index >= 15 is 0 Å². The highest BCUT2D eigenvalue weighted by Crippen LogP contribution is 2.31. The Morgan fingerprint density at radius 1 is 1.15 bits per heavy atom. The molecule has 3 rings (SSSR count). The van der Waals surface area contributed by atoms with Crippen LogP contribution in [0.5, 0.6) is 17.4 Å². The molecule has 140 valence electrons. The normalized spacial score (nSPS) is 18.3. The van der Waals surface area contributed by atoms with Crippen LogP contribution in [0.2, 0.25) is 0 Å². The van der Waals surface area contributed by atoms with Gasteiger partial charge in [0.25, 0.3) is 0 Å². The molecule has 9 heteroatoms. The Morgan fingerprint density at radius 2 is 1.96 bits per heavy atom. The van der Waals surface area contributed by atoms with Crippen LogP contribution in [0.4, 0.5) is 0 Å². The number of nitrogens with zero attached hydrogens (tertiary/aromatic N) is 3. The largest absolute Gasteiger partial charge is 0.493 e. The molecule has 1 fully saturated rings. The molecule has 26 heavy (non-hydrogen) atoms. The standard InChI is InChI=1S/C17H21N3O5S/c1-23-15-6-5-14(10-16(15)24-2)26(21,22)20-9-3-4-13(12-20)25-17-11-18-7-8-19-17/h5-8,10-11,13H,3-4,9,12H2,1-2H3. The van der Waals surface area contributed by atoms with Crippen molar-refractivity contribution >= 4 is 10.0 Å². The highest BCUT2D eigenvalue weighted by atomic mass is 32.2. The second-order valence-electron chi connectivity index (χ2n) is 5.81. The van der Waals surface area contributed by atoms with Crippen LogP contribution in [0.25, 0.3) is 0 Å². The minimum absolute atomic E-state index is 0.162. The van der Waals surface area contributed by atoms with Crippen molar-refractivity contribution < 1.29 is 22.6 Å². The van der Waals surface area contributed by atoms with Crippen molar-refractivity contribution in [3.63, 3.8) is 0 Å². The van der Waals surface area contributed by atoms with Crippen LogP contribution in [0, 0.1) is 0 Å². The lowest BCUT2D eigenvalue weighted by Crippen LogP contribution is -2.44. The van der Waals surface area contributed by atoms with Gasteiger partial charge in [0.1, 0.15) is 6.10 Å². The highest BCUT2D eigenvalue weighted by molar-refractivity contribution is 7.89. The third-order valence-corrected chi connectivity index (χ3v) is 6.02. The molecule has 0 radical (unpaired) electrons. The first-order chi connectivity index (χ1) is 12.5. The van der Waals surface area contributed by atoms with Gasteiger partial charge in [-0.2, -0.15) is 4.31 Å². The third kappa shape index (κ3) is 3.88. The van der Waals surface area contributed by atoms with Gasteiger partial charge in [-0.3, -0.25) is 4.98 Å². The average Bonchev–Trinajstić information content (AvgIpc) is 2.68. The minimum atomic E-state index is -3.66. The van der Waals surface area contributed by atoms with Crippen molar-refractivity contribution in [2.24, 2.45) is 0 Å². The van der Waals surface area contributed by atoms with Gasteiger partial charge in [-0.1, -0.05) is 0 Å². The molecule has 2 heterocycles. The molecule has 0 amide bonds. The van der Waals surface area contributed by atoms with E-state index in [4.69, 9.17) is 14.2 Å². The van der Waals surface area contributed by atoms with Crippen LogP contribution in [0.1, 0.15) is 12.8 Å². The maximum Gasteiger partial charge on any atom is 0.243 e. The second-order valence-corrected chi connectivity index (χ2v) is 7.74. The molecule has 8 nitrogen and oxygen atoms in total. The molecule has 1 atom stereocenters. The van der Waals surface area contributed by atoms with Crippen LogP contribution in [-0.2, 0) is 10.0 Å². The first-order valence-corrected chi connectivity index (χ1v) is 9.63. The van der Waals surface area contributed by atoms with Crippen LogP contribution < -0.4 is 14.2 Å². The molecule has 1 aromatic heterocycles. The zero-order valence-electron chi connectivity index (χ0n) is 14.7. The number of hydrogen-bond acceptors (Lipinski definition) is 7. The fraction of sp³-hybridized carbons (Fsp3) is 0.412. The lowest BCUT2D eigenvalue weighted by atomic mass is 10.1. The number of aromatic nitrogens is 2. The van der Waals surface area contributed by atoms with Crippen molar-refractivity contribution in [1.82, 2.24) is 14.3 Å². The third-order valence-electron chi connectivity index (χ3n) is 4.16. The molecule has 0 aliphatic carbocycles. The summed E-state index contributed by atoms with van der Waals surface area (Å²) in [5.74, 6) is 1.25. The number of hydrogen-bond donors (Lipinski definition) is 0.